The summed E-state index contributed by atoms with van der Waals surface area (Å²) in [6, 6.07) is 4.94. The van der Waals surface area contributed by atoms with Crippen LogP contribution in [0.15, 0.2) is 28.4 Å². The number of benzene rings is 1. The lowest BCUT2D eigenvalue weighted by Gasteiger charge is -2.06. The van der Waals surface area contributed by atoms with Crippen LogP contribution in [0.1, 0.15) is 21.6 Å². The predicted molar refractivity (Wildman–Crippen MR) is 75.5 cm³/mol. The Morgan fingerprint density at radius 3 is 2.79 bits per heavy atom. The van der Waals surface area contributed by atoms with Gasteiger partial charge in [0, 0.05) is 34.7 Å². The number of carbonyl (C=O) groups excluding carboxylic acids is 1. The van der Waals surface area contributed by atoms with Crippen LogP contribution in [0.25, 0.3) is 0 Å². The molecule has 0 aliphatic rings. The maximum atomic E-state index is 11.0. The maximum Gasteiger partial charge on any atom is 0.304 e. The van der Waals surface area contributed by atoms with Gasteiger partial charge in [-0.05, 0) is 17.7 Å². The average Bonchev–Trinajstić information content (AvgIpc) is 2.77. The maximum absolute atomic E-state index is 11.0. The van der Waals surface area contributed by atoms with E-state index in [1.54, 1.807) is 23.6 Å². The molecule has 0 bridgehead atoms. The highest BCUT2D eigenvalue weighted by Crippen LogP contribution is 2.17. The molecule has 0 fully saturated rings. The first-order valence-corrected chi connectivity index (χ1v) is 6.77. The zero-order valence-electron chi connectivity index (χ0n) is 9.90. The minimum atomic E-state index is -0.503. The van der Waals surface area contributed by atoms with Crippen molar-refractivity contribution in [3.63, 3.8) is 0 Å². The van der Waals surface area contributed by atoms with E-state index in [2.05, 4.69) is 10.3 Å². The van der Waals surface area contributed by atoms with Crippen LogP contribution < -0.4 is 15.9 Å². The van der Waals surface area contributed by atoms with Crippen LogP contribution in [0.5, 0.6) is 0 Å². The zero-order valence-corrected chi connectivity index (χ0v) is 11.5. The summed E-state index contributed by atoms with van der Waals surface area (Å²) < 4.78 is 0. The Bertz CT molecular complexity index is 650. The van der Waals surface area contributed by atoms with E-state index < -0.39 is 5.91 Å². The van der Waals surface area contributed by atoms with Gasteiger partial charge in [0.2, 0.25) is 5.91 Å². The van der Waals surface area contributed by atoms with Gasteiger partial charge in [0.05, 0.1) is 0 Å². The Balaban J connectivity index is 1.96. The SMILES string of the molecule is NC(=O)c1ccc(CNCc2csc(=O)[nH]2)c(Cl)c1. The van der Waals surface area contributed by atoms with Crippen LogP contribution in [0.3, 0.4) is 0 Å². The van der Waals surface area contributed by atoms with Gasteiger partial charge in [-0.15, -0.1) is 0 Å². The molecule has 19 heavy (non-hydrogen) atoms. The highest BCUT2D eigenvalue weighted by atomic mass is 35.5. The molecule has 2 aromatic rings. The summed E-state index contributed by atoms with van der Waals surface area (Å²) in [6.45, 7) is 1.09. The number of rotatable bonds is 5. The summed E-state index contributed by atoms with van der Waals surface area (Å²) >= 11 is 7.19. The minimum absolute atomic E-state index is 0.0688. The van der Waals surface area contributed by atoms with Crippen LogP contribution in [0.4, 0.5) is 0 Å². The summed E-state index contributed by atoms with van der Waals surface area (Å²) in [4.78, 5) is 24.6. The molecule has 1 aromatic heterocycles. The van der Waals surface area contributed by atoms with E-state index in [0.717, 1.165) is 22.6 Å². The van der Waals surface area contributed by atoms with Crippen molar-refractivity contribution < 1.29 is 4.79 Å². The van der Waals surface area contributed by atoms with Crippen molar-refractivity contribution in [1.29, 1.82) is 0 Å². The number of carbonyl (C=O) groups is 1. The molecule has 1 heterocycles. The molecule has 4 N–H and O–H groups in total. The first-order chi connectivity index (χ1) is 9.06. The lowest BCUT2D eigenvalue weighted by atomic mass is 10.1. The van der Waals surface area contributed by atoms with Crippen LogP contribution in [0, 0.1) is 0 Å². The monoisotopic (exact) mass is 297 g/mol. The minimum Gasteiger partial charge on any atom is -0.366 e. The predicted octanol–water partition coefficient (Wildman–Crippen LogP) is 1.48. The summed E-state index contributed by atoms with van der Waals surface area (Å²) in [6.07, 6.45) is 0. The fraction of sp³-hybridized carbons (Fsp3) is 0.167. The Labute approximate surface area is 118 Å². The van der Waals surface area contributed by atoms with Crippen molar-refractivity contribution in [3.05, 3.63) is 55.1 Å². The van der Waals surface area contributed by atoms with Gasteiger partial charge in [-0.25, -0.2) is 0 Å². The van der Waals surface area contributed by atoms with Crippen LogP contribution in [-0.4, -0.2) is 10.9 Å². The summed E-state index contributed by atoms with van der Waals surface area (Å²) in [5.41, 5.74) is 7.25. The number of aromatic amines is 1. The number of H-pyrrole nitrogens is 1. The van der Waals surface area contributed by atoms with Crippen molar-refractivity contribution >= 4 is 28.8 Å². The molecule has 0 radical (unpaired) electrons. The fourth-order valence-corrected chi connectivity index (χ4v) is 2.41. The highest BCUT2D eigenvalue weighted by molar-refractivity contribution is 7.07. The average molecular weight is 298 g/mol. The fourth-order valence-electron chi connectivity index (χ4n) is 1.58. The number of amides is 1. The van der Waals surface area contributed by atoms with Gasteiger partial charge in [-0.2, -0.15) is 0 Å². The van der Waals surface area contributed by atoms with E-state index in [0.29, 0.717) is 23.7 Å². The van der Waals surface area contributed by atoms with Crippen molar-refractivity contribution in [1.82, 2.24) is 10.3 Å². The Morgan fingerprint density at radius 2 is 2.21 bits per heavy atom. The smallest absolute Gasteiger partial charge is 0.304 e. The molecule has 1 aromatic carbocycles. The molecule has 7 heteroatoms. The van der Waals surface area contributed by atoms with E-state index in [-0.39, 0.29) is 4.87 Å². The summed E-state index contributed by atoms with van der Waals surface area (Å²) in [5.74, 6) is -0.503. The second kappa shape index (κ2) is 6.01. The van der Waals surface area contributed by atoms with Gasteiger partial charge < -0.3 is 16.0 Å². The van der Waals surface area contributed by atoms with Crippen molar-refractivity contribution in [3.8, 4) is 0 Å². The summed E-state index contributed by atoms with van der Waals surface area (Å²) in [7, 11) is 0. The second-order valence-electron chi connectivity index (χ2n) is 3.95. The van der Waals surface area contributed by atoms with Crippen LogP contribution >= 0.6 is 22.9 Å². The van der Waals surface area contributed by atoms with E-state index in [1.807, 2.05) is 0 Å². The molecule has 0 unspecified atom stereocenters. The molecule has 100 valence electrons. The largest absolute Gasteiger partial charge is 0.366 e. The zero-order chi connectivity index (χ0) is 13.8. The molecule has 0 aliphatic heterocycles. The van der Waals surface area contributed by atoms with Crippen molar-refractivity contribution in [2.24, 2.45) is 5.73 Å². The van der Waals surface area contributed by atoms with E-state index in [4.69, 9.17) is 17.3 Å². The number of halogens is 1. The topological polar surface area (TPSA) is 88.0 Å². The van der Waals surface area contributed by atoms with E-state index >= 15 is 0 Å². The first-order valence-electron chi connectivity index (χ1n) is 5.52. The number of hydrogen-bond acceptors (Lipinski definition) is 4. The molecule has 0 aliphatic carbocycles. The Morgan fingerprint density at radius 1 is 1.42 bits per heavy atom. The van der Waals surface area contributed by atoms with Gasteiger partial charge in [0.1, 0.15) is 0 Å². The molecular weight excluding hydrogens is 286 g/mol. The Kier molecular flexibility index (Phi) is 4.36. The molecule has 1 amide bonds. The number of hydrogen-bond donors (Lipinski definition) is 3. The standard InChI is InChI=1S/C12H12ClN3O2S/c13-10-3-7(11(14)17)1-2-8(10)4-15-5-9-6-19-12(18)16-9/h1-3,6,15H,4-5H2,(H2,14,17)(H,16,18). The number of nitrogens with two attached hydrogens (primary N) is 1. The van der Waals surface area contributed by atoms with E-state index in [9.17, 15) is 9.59 Å². The van der Waals surface area contributed by atoms with Crippen LogP contribution in [-0.2, 0) is 13.1 Å². The number of primary amides is 1. The molecule has 0 spiro atoms. The van der Waals surface area contributed by atoms with Gasteiger partial charge in [-0.1, -0.05) is 29.0 Å². The number of nitrogens with one attached hydrogen (secondary N) is 2. The lowest BCUT2D eigenvalue weighted by Crippen LogP contribution is -2.15. The first kappa shape index (κ1) is 13.8. The molecule has 2 rings (SSSR count). The Hall–Kier alpha value is -1.63. The van der Waals surface area contributed by atoms with Gasteiger partial charge in [0.25, 0.3) is 0 Å². The second-order valence-corrected chi connectivity index (χ2v) is 5.20. The molecule has 5 nitrogen and oxygen atoms in total. The third-order valence-electron chi connectivity index (χ3n) is 2.54. The highest BCUT2D eigenvalue weighted by Gasteiger charge is 2.05. The normalized spacial score (nSPS) is 10.6. The van der Waals surface area contributed by atoms with Crippen LogP contribution in [0.2, 0.25) is 5.02 Å². The van der Waals surface area contributed by atoms with E-state index in [1.165, 1.54) is 0 Å². The molecular formula is C12H12ClN3O2S. The van der Waals surface area contributed by atoms with Gasteiger partial charge in [0.15, 0.2) is 0 Å². The number of aromatic nitrogens is 1. The molecule has 0 atom stereocenters. The van der Waals surface area contributed by atoms with Gasteiger partial charge in [-0.3, -0.25) is 9.59 Å². The quantitative estimate of drug-likeness (QED) is 0.781. The lowest BCUT2D eigenvalue weighted by molar-refractivity contribution is 0.100. The van der Waals surface area contributed by atoms with Gasteiger partial charge >= 0.3 is 4.87 Å². The van der Waals surface area contributed by atoms with Crippen molar-refractivity contribution in [2.75, 3.05) is 0 Å². The summed E-state index contributed by atoms with van der Waals surface area (Å²) in [5, 5.41) is 5.42. The van der Waals surface area contributed by atoms with Crippen molar-refractivity contribution in [2.45, 2.75) is 13.1 Å². The third-order valence-corrected chi connectivity index (χ3v) is 3.61. The third kappa shape index (κ3) is 3.66. The molecule has 0 saturated carbocycles. The molecule has 0 saturated heterocycles. The number of thiazole rings is 1.